The van der Waals surface area contributed by atoms with Gasteiger partial charge in [-0.05, 0) is 43.4 Å². The van der Waals surface area contributed by atoms with Crippen molar-refractivity contribution in [3.8, 4) is 0 Å². The minimum absolute atomic E-state index is 0.104. The minimum Gasteiger partial charge on any atom is -0.462 e. The first-order chi connectivity index (χ1) is 47.3. The van der Waals surface area contributed by atoms with E-state index >= 15 is 0 Å². The SMILES string of the molecule is CCCCCCCCCCCCCCCCCCCCC(=O)OC[C@H](COP(=O)(O)OC[C@@H](O)COP(=O)(O)OC[C@@H](COC(=O)CCCCCCCCCC(C)C)OC(=O)CCCCCCCCCCC(C)CC)OC(=O)CCCCCCCCCCCCCCCCC(C)CC. The Hall–Kier alpha value is -1.94. The number of hydrogen-bond donors (Lipinski definition) is 3. The van der Waals surface area contributed by atoms with E-state index in [1.807, 2.05) is 0 Å². The molecule has 0 aromatic rings. The van der Waals surface area contributed by atoms with Crippen molar-refractivity contribution in [3.63, 3.8) is 0 Å². The van der Waals surface area contributed by atoms with Crippen LogP contribution in [0.5, 0.6) is 0 Å². The van der Waals surface area contributed by atoms with E-state index in [9.17, 15) is 43.2 Å². The Morgan fingerprint density at radius 2 is 0.520 bits per heavy atom. The molecule has 0 aliphatic carbocycles. The van der Waals surface area contributed by atoms with Gasteiger partial charge < -0.3 is 33.8 Å². The number of rotatable bonds is 77. The Bertz CT molecular complexity index is 1910. The monoisotopic (exact) mass is 1440 g/mol. The number of carbonyl (C=O) groups excluding carboxylic acids is 4. The van der Waals surface area contributed by atoms with Gasteiger partial charge in [0.25, 0.3) is 0 Å². The summed E-state index contributed by atoms with van der Waals surface area (Å²) in [5.74, 6) is 0.204. The summed E-state index contributed by atoms with van der Waals surface area (Å²) in [4.78, 5) is 72.9. The molecule has 0 radical (unpaired) electrons. The molecule has 0 bridgehead atoms. The Labute approximate surface area is 600 Å². The normalized spacial score (nSPS) is 14.6. The predicted octanol–water partition coefficient (Wildman–Crippen LogP) is 23.4. The summed E-state index contributed by atoms with van der Waals surface area (Å²) >= 11 is 0. The van der Waals surface area contributed by atoms with E-state index in [-0.39, 0.29) is 25.7 Å². The first kappa shape index (κ1) is 96.1. The largest absolute Gasteiger partial charge is 0.472 e. The van der Waals surface area contributed by atoms with Gasteiger partial charge in [0.1, 0.15) is 19.3 Å². The summed E-state index contributed by atoms with van der Waals surface area (Å²) < 4.78 is 68.6. The van der Waals surface area contributed by atoms with Crippen molar-refractivity contribution in [2.75, 3.05) is 39.6 Å². The molecule has 0 aromatic carbocycles. The van der Waals surface area contributed by atoms with Gasteiger partial charge in [0, 0.05) is 25.7 Å². The number of phosphoric acid groups is 2. The van der Waals surface area contributed by atoms with Crippen molar-refractivity contribution in [2.24, 2.45) is 17.8 Å². The lowest BCUT2D eigenvalue weighted by atomic mass is 9.99. The van der Waals surface area contributed by atoms with Gasteiger partial charge in [0.2, 0.25) is 0 Å². The van der Waals surface area contributed by atoms with Gasteiger partial charge >= 0.3 is 39.5 Å². The third-order valence-electron chi connectivity index (χ3n) is 19.1. The summed E-state index contributed by atoms with van der Waals surface area (Å²) in [6, 6.07) is 0. The Morgan fingerprint density at radius 1 is 0.296 bits per heavy atom. The number of aliphatic hydroxyl groups excluding tert-OH is 1. The number of esters is 4. The van der Waals surface area contributed by atoms with Crippen LogP contribution in [0.2, 0.25) is 0 Å². The second-order valence-corrected chi connectivity index (χ2v) is 32.3. The lowest BCUT2D eigenvalue weighted by molar-refractivity contribution is -0.161. The average Bonchev–Trinajstić information content (AvgIpc) is 1.08. The molecule has 0 heterocycles. The molecule has 7 atom stereocenters. The number of ether oxygens (including phenoxy) is 4. The minimum atomic E-state index is -4.96. The fourth-order valence-electron chi connectivity index (χ4n) is 12.1. The molecule has 0 saturated heterocycles. The van der Waals surface area contributed by atoms with E-state index in [1.54, 1.807) is 0 Å². The smallest absolute Gasteiger partial charge is 0.462 e. The maximum Gasteiger partial charge on any atom is 0.472 e. The summed E-state index contributed by atoms with van der Waals surface area (Å²) in [7, 11) is -9.92. The molecule has 19 heteroatoms. The molecule has 0 rings (SSSR count). The fraction of sp³-hybridized carbons (Fsp3) is 0.949. The molecule has 3 N–H and O–H groups in total. The van der Waals surface area contributed by atoms with Gasteiger partial charge in [-0.15, -0.1) is 0 Å². The van der Waals surface area contributed by atoms with Crippen molar-refractivity contribution in [3.05, 3.63) is 0 Å². The molecule has 0 spiro atoms. The highest BCUT2D eigenvalue weighted by molar-refractivity contribution is 7.47. The zero-order chi connectivity index (χ0) is 72.3. The molecule has 98 heavy (non-hydrogen) atoms. The molecular weight excluding hydrogens is 1280 g/mol. The number of phosphoric ester groups is 2. The second-order valence-electron chi connectivity index (χ2n) is 29.4. The lowest BCUT2D eigenvalue weighted by Gasteiger charge is -2.21. The number of carbonyl (C=O) groups is 4. The zero-order valence-electron chi connectivity index (χ0n) is 64.3. The predicted molar refractivity (Wildman–Crippen MR) is 400 cm³/mol. The maximum atomic E-state index is 13.1. The van der Waals surface area contributed by atoms with E-state index in [2.05, 4.69) is 48.5 Å². The summed E-state index contributed by atoms with van der Waals surface area (Å²) in [6.07, 6.45) is 56.9. The molecule has 0 aromatic heterocycles. The van der Waals surface area contributed by atoms with Crippen LogP contribution in [0.25, 0.3) is 0 Å². The molecule has 0 aliphatic rings. The molecule has 582 valence electrons. The fourth-order valence-corrected chi connectivity index (χ4v) is 13.6. The van der Waals surface area contributed by atoms with Gasteiger partial charge in [0.05, 0.1) is 26.4 Å². The first-order valence-corrected chi connectivity index (χ1v) is 43.9. The van der Waals surface area contributed by atoms with Crippen molar-refractivity contribution < 1.29 is 80.2 Å². The third-order valence-corrected chi connectivity index (χ3v) is 21.0. The van der Waals surface area contributed by atoms with Crippen molar-refractivity contribution in [2.45, 2.75) is 426 Å². The Morgan fingerprint density at radius 3 is 0.776 bits per heavy atom. The molecule has 0 aliphatic heterocycles. The van der Waals surface area contributed by atoms with Crippen LogP contribution in [0.1, 0.15) is 408 Å². The first-order valence-electron chi connectivity index (χ1n) is 40.9. The van der Waals surface area contributed by atoms with E-state index in [0.29, 0.717) is 31.6 Å². The second kappa shape index (κ2) is 69.4. The van der Waals surface area contributed by atoms with Crippen molar-refractivity contribution in [1.82, 2.24) is 0 Å². The average molecular weight is 1440 g/mol. The number of aliphatic hydroxyl groups is 1. The Kier molecular flexibility index (Phi) is 68.1. The third kappa shape index (κ3) is 69.8. The summed E-state index contributed by atoms with van der Waals surface area (Å²) in [5, 5.41) is 10.6. The van der Waals surface area contributed by atoms with Crippen LogP contribution < -0.4 is 0 Å². The van der Waals surface area contributed by atoms with Crippen molar-refractivity contribution >= 4 is 39.5 Å². The van der Waals surface area contributed by atoms with Crippen LogP contribution in [0.3, 0.4) is 0 Å². The van der Waals surface area contributed by atoms with E-state index < -0.39 is 97.5 Å². The summed E-state index contributed by atoms with van der Waals surface area (Å²) in [5.41, 5.74) is 0. The van der Waals surface area contributed by atoms with E-state index in [1.165, 1.54) is 212 Å². The highest BCUT2D eigenvalue weighted by atomic mass is 31.2. The van der Waals surface area contributed by atoms with Gasteiger partial charge in [-0.25, -0.2) is 9.13 Å². The van der Waals surface area contributed by atoms with Crippen molar-refractivity contribution in [1.29, 1.82) is 0 Å². The summed E-state index contributed by atoms with van der Waals surface area (Å²) in [6.45, 7) is 11.9. The van der Waals surface area contributed by atoms with Gasteiger partial charge in [-0.1, -0.05) is 357 Å². The standard InChI is InChI=1S/C79H154O17P2/c1-8-11-12-13-14-15-16-17-18-19-20-21-25-28-31-39-46-53-60-76(81)89-66-74(95-78(83)62-55-48-40-32-29-26-23-22-24-27-30-37-44-51-58-71(6)9-2)68-93-97(85,86)91-64-73(80)65-92-98(87,88)94-69-75(67-90-77(82)61-54-47-42-35-36-43-50-57-70(4)5)96-79(84)63-56-49-41-34-33-38-45-52-59-72(7)10-3/h70-75,80H,8-69H2,1-7H3,(H,85,86)(H,87,88)/t71?,72?,73-,74-,75-/m1/s1. The quantitative estimate of drug-likeness (QED) is 0.0222. The molecule has 4 unspecified atom stereocenters. The van der Waals surface area contributed by atoms with Crippen LogP contribution in [-0.4, -0.2) is 96.7 Å². The van der Waals surface area contributed by atoms with Gasteiger partial charge in [-0.2, -0.15) is 0 Å². The van der Waals surface area contributed by atoms with E-state index in [4.69, 9.17) is 37.0 Å². The molecule has 17 nitrogen and oxygen atoms in total. The van der Waals surface area contributed by atoms with E-state index in [0.717, 1.165) is 108 Å². The topological polar surface area (TPSA) is 237 Å². The van der Waals surface area contributed by atoms with Crippen LogP contribution in [-0.2, 0) is 65.4 Å². The molecule has 0 saturated carbocycles. The van der Waals surface area contributed by atoms with Gasteiger partial charge in [-0.3, -0.25) is 37.3 Å². The maximum absolute atomic E-state index is 13.1. The zero-order valence-corrected chi connectivity index (χ0v) is 66.0. The van der Waals surface area contributed by atoms with Crippen LogP contribution in [0.15, 0.2) is 0 Å². The lowest BCUT2D eigenvalue weighted by Crippen LogP contribution is -2.30. The molecule has 0 fully saturated rings. The highest BCUT2D eigenvalue weighted by Gasteiger charge is 2.30. The van der Waals surface area contributed by atoms with Crippen LogP contribution in [0.4, 0.5) is 0 Å². The van der Waals surface area contributed by atoms with Crippen LogP contribution in [0, 0.1) is 17.8 Å². The van der Waals surface area contributed by atoms with Gasteiger partial charge in [0.15, 0.2) is 12.2 Å². The highest BCUT2D eigenvalue weighted by Crippen LogP contribution is 2.45. The molecular formula is C79H154O17P2. The Balaban J connectivity index is 5.24. The van der Waals surface area contributed by atoms with Crippen LogP contribution >= 0.6 is 15.6 Å². The number of unbranched alkanes of at least 4 members (excludes halogenated alkanes) is 43. The molecule has 0 amide bonds. The number of hydrogen-bond acceptors (Lipinski definition) is 15.